The number of amides is 2. The molecule has 2 amide bonds. The van der Waals surface area contributed by atoms with Gasteiger partial charge in [0, 0.05) is 16.1 Å². The standard InChI is InChI=1S/C28H20ClNO6/c1-2-35-18-13-11-17(12-14-18)30-26(33)21-22(27(30)34)28(36-23(21)15-7-9-16(29)10-8-15)24(31)19-5-3-4-6-20(19)25(28)32/h3-14,21-23H,2H2,1H3/t21-,22+,23-/m0/s1. The maximum atomic E-state index is 13.9. The van der Waals surface area contributed by atoms with Crippen LogP contribution < -0.4 is 9.64 Å². The zero-order chi connectivity index (χ0) is 25.2. The molecule has 36 heavy (non-hydrogen) atoms. The summed E-state index contributed by atoms with van der Waals surface area (Å²) in [6, 6.07) is 19.6. The fourth-order valence-electron chi connectivity index (χ4n) is 5.58. The van der Waals surface area contributed by atoms with E-state index in [1.807, 2.05) is 6.92 Å². The number of hydrogen-bond acceptors (Lipinski definition) is 6. The van der Waals surface area contributed by atoms with E-state index >= 15 is 0 Å². The molecule has 0 radical (unpaired) electrons. The molecule has 0 bridgehead atoms. The lowest BCUT2D eigenvalue weighted by atomic mass is 9.77. The van der Waals surface area contributed by atoms with Gasteiger partial charge in [-0.2, -0.15) is 0 Å². The van der Waals surface area contributed by atoms with Gasteiger partial charge in [0.15, 0.2) is 0 Å². The van der Waals surface area contributed by atoms with E-state index in [1.165, 1.54) is 0 Å². The lowest BCUT2D eigenvalue weighted by Crippen LogP contribution is -2.51. The van der Waals surface area contributed by atoms with Gasteiger partial charge in [0.2, 0.25) is 29.0 Å². The van der Waals surface area contributed by atoms with Crippen molar-refractivity contribution >= 4 is 40.7 Å². The van der Waals surface area contributed by atoms with Crippen molar-refractivity contribution in [3.63, 3.8) is 0 Å². The van der Waals surface area contributed by atoms with Gasteiger partial charge in [0.1, 0.15) is 5.75 Å². The molecule has 0 N–H and O–H groups in total. The molecule has 1 aliphatic carbocycles. The first-order valence-electron chi connectivity index (χ1n) is 11.6. The SMILES string of the molecule is CCOc1ccc(N2C(=O)[C@@H]3[C@H](c4ccc(Cl)cc4)OC4(C(=O)c5ccccc5C4=O)[C@H]3C2=O)cc1. The number of hydrogen-bond donors (Lipinski definition) is 0. The second-order valence-corrected chi connectivity index (χ2v) is 9.41. The molecule has 3 aromatic carbocycles. The highest BCUT2D eigenvalue weighted by Gasteiger charge is 2.74. The van der Waals surface area contributed by atoms with E-state index in [4.69, 9.17) is 21.1 Å². The number of rotatable bonds is 4. The van der Waals surface area contributed by atoms with E-state index in [0.717, 1.165) is 4.90 Å². The second kappa shape index (κ2) is 8.11. The average Bonchev–Trinajstić information content (AvgIpc) is 3.45. The number of benzene rings is 3. The predicted molar refractivity (Wildman–Crippen MR) is 130 cm³/mol. The number of nitrogens with zero attached hydrogens (tertiary/aromatic N) is 1. The molecule has 0 saturated carbocycles. The van der Waals surface area contributed by atoms with Crippen LogP contribution in [0.4, 0.5) is 5.69 Å². The summed E-state index contributed by atoms with van der Waals surface area (Å²) in [7, 11) is 0. The van der Waals surface area contributed by atoms with Crippen LogP contribution in [-0.4, -0.2) is 35.6 Å². The molecule has 2 saturated heterocycles. The number of carbonyl (C=O) groups is 4. The topological polar surface area (TPSA) is 90.0 Å². The third kappa shape index (κ3) is 2.96. The Bertz CT molecular complexity index is 1400. The summed E-state index contributed by atoms with van der Waals surface area (Å²) in [6.07, 6.45) is -0.987. The largest absolute Gasteiger partial charge is 0.494 e. The first kappa shape index (κ1) is 22.6. The minimum Gasteiger partial charge on any atom is -0.494 e. The first-order valence-corrected chi connectivity index (χ1v) is 12.0. The Hall–Kier alpha value is -3.81. The summed E-state index contributed by atoms with van der Waals surface area (Å²) in [4.78, 5) is 56.3. The van der Waals surface area contributed by atoms with Crippen molar-refractivity contribution in [1.29, 1.82) is 0 Å². The Morgan fingerprint density at radius 3 is 2.06 bits per heavy atom. The smallest absolute Gasteiger partial charge is 0.241 e. The number of anilines is 1. The summed E-state index contributed by atoms with van der Waals surface area (Å²) in [6.45, 7) is 2.32. The van der Waals surface area contributed by atoms with Crippen LogP contribution >= 0.6 is 11.6 Å². The van der Waals surface area contributed by atoms with Crippen LogP contribution in [-0.2, 0) is 14.3 Å². The van der Waals surface area contributed by atoms with Crippen LogP contribution in [0.1, 0.15) is 39.3 Å². The summed E-state index contributed by atoms with van der Waals surface area (Å²) in [5, 5.41) is 0.480. The molecule has 3 atom stereocenters. The van der Waals surface area contributed by atoms with Crippen LogP contribution in [0.2, 0.25) is 5.02 Å². The summed E-state index contributed by atoms with van der Waals surface area (Å²) in [5.41, 5.74) is -0.831. The van der Waals surface area contributed by atoms with Gasteiger partial charge in [-0.25, -0.2) is 4.90 Å². The van der Waals surface area contributed by atoms with Crippen molar-refractivity contribution in [3.05, 3.63) is 94.5 Å². The molecule has 8 heteroatoms. The third-order valence-corrected chi connectivity index (χ3v) is 7.38. The molecule has 3 aromatic rings. The van der Waals surface area contributed by atoms with E-state index in [1.54, 1.807) is 72.8 Å². The number of halogens is 1. The van der Waals surface area contributed by atoms with Crippen molar-refractivity contribution in [2.24, 2.45) is 11.8 Å². The van der Waals surface area contributed by atoms with Crippen molar-refractivity contribution < 1.29 is 28.7 Å². The van der Waals surface area contributed by atoms with Crippen molar-refractivity contribution in [2.45, 2.75) is 18.6 Å². The molecule has 0 unspecified atom stereocenters. The highest BCUT2D eigenvalue weighted by molar-refractivity contribution is 6.37. The van der Waals surface area contributed by atoms with Crippen LogP contribution in [0.25, 0.3) is 0 Å². The number of Topliss-reactive ketones (excluding diaryl/α,β-unsaturated/α-hetero) is 2. The molecular weight excluding hydrogens is 482 g/mol. The van der Waals surface area contributed by atoms with Crippen LogP contribution in [0.5, 0.6) is 5.75 Å². The Morgan fingerprint density at radius 2 is 1.47 bits per heavy atom. The number of ketones is 2. The van der Waals surface area contributed by atoms with Gasteiger partial charge in [-0.1, -0.05) is 48.0 Å². The second-order valence-electron chi connectivity index (χ2n) is 8.97. The van der Waals surface area contributed by atoms with Gasteiger partial charge >= 0.3 is 0 Å². The minimum absolute atomic E-state index is 0.192. The number of fused-ring (bicyclic) bond motifs is 3. The minimum atomic E-state index is -2.11. The molecule has 180 valence electrons. The highest BCUT2D eigenvalue weighted by atomic mass is 35.5. The monoisotopic (exact) mass is 501 g/mol. The lowest BCUT2D eigenvalue weighted by molar-refractivity contribution is -0.127. The van der Waals surface area contributed by atoms with Gasteiger partial charge in [-0.15, -0.1) is 0 Å². The quantitative estimate of drug-likeness (QED) is 0.388. The summed E-state index contributed by atoms with van der Waals surface area (Å²) >= 11 is 6.06. The van der Waals surface area contributed by atoms with Gasteiger partial charge in [0.05, 0.1) is 30.2 Å². The first-order chi connectivity index (χ1) is 17.4. The fourth-order valence-corrected chi connectivity index (χ4v) is 5.71. The summed E-state index contributed by atoms with van der Waals surface area (Å²) < 4.78 is 11.7. The summed E-state index contributed by atoms with van der Waals surface area (Å²) in [5.74, 6) is -4.12. The maximum Gasteiger partial charge on any atom is 0.241 e. The van der Waals surface area contributed by atoms with Gasteiger partial charge in [-0.3, -0.25) is 19.2 Å². The van der Waals surface area contributed by atoms with Gasteiger partial charge in [-0.05, 0) is 48.9 Å². The lowest BCUT2D eigenvalue weighted by Gasteiger charge is -2.27. The van der Waals surface area contributed by atoms with E-state index in [0.29, 0.717) is 28.6 Å². The Balaban J connectivity index is 1.49. The zero-order valence-corrected chi connectivity index (χ0v) is 19.9. The fraction of sp³-hybridized carbons (Fsp3) is 0.214. The highest BCUT2D eigenvalue weighted by Crippen LogP contribution is 2.57. The number of ether oxygens (including phenoxy) is 2. The molecule has 6 rings (SSSR count). The number of imide groups is 1. The molecule has 2 heterocycles. The molecule has 0 aromatic heterocycles. The van der Waals surface area contributed by atoms with Crippen molar-refractivity contribution in [1.82, 2.24) is 0 Å². The van der Waals surface area contributed by atoms with Crippen molar-refractivity contribution in [3.8, 4) is 5.75 Å². The van der Waals surface area contributed by atoms with E-state index in [2.05, 4.69) is 0 Å². The van der Waals surface area contributed by atoms with Gasteiger partial charge < -0.3 is 9.47 Å². The Kier molecular flexibility index (Phi) is 5.10. The molecule has 2 fully saturated rings. The molecule has 1 spiro atoms. The normalized spacial score (nSPS) is 23.9. The van der Waals surface area contributed by atoms with Crippen LogP contribution in [0.15, 0.2) is 72.8 Å². The average molecular weight is 502 g/mol. The third-order valence-electron chi connectivity index (χ3n) is 7.12. The molecule has 7 nitrogen and oxygen atoms in total. The van der Waals surface area contributed by atoms with Crippen LogP contribution in [0.3, 0.4) is 0 Å². The van der Waals surface area contributed by atoms with Gasteiger partial charge in [0.25, 0.3) is 0 Å². The molecular formula is C28H20ClNO6. The Morgan fingerprint density at radius 1 is 0.861 bits per heavy atom. The van der Waals surface area contributed by atoms with E-state index in [-0.39, 0.29) is 11.1 Å². The van der Waals surface area contributed by atoms with E-state index in [9.17, 15) is 19.2 Å². The maximum absolute atomic E-state index is 13.9. The predicted octanol–water partition coefficient (Wildman–Crippen LogP) is 4.43. The van der Waals surface area contributed by atoms with Crippen molar-refractivity contribution in [2.75, 3.05) is 11.5 Å². The Labute approximate surface area is 211 Å². The molecule has 2 aliphatic heterocycles. The van der Waals surface area contributed by atoms with E-state index < -0.39 is 46.9 Å². The molecule has 3 aliphatic rings. The zero-order valence-electron chi connectivity index (χ0n) is 19.1. The number of carbonyl (C=O) groups excluding carboxylic acids is 4. The van der Waals surface area contributed by atoms with Crippen LogP contribution in [0, 0.1) is 11.8 Å².